The van der Waals surface area contributed by atoms with Crippen LogP contribution in [0, 0.1) is 0 Å². The molecule has 166 valence electrons. The average Bonchev–Trinajstić information content (AvgIpc) is 2.85. The second-order valence-electron chi connectivity index (χ2n) is 7.53. The predicted molar refractivity (Wildman–Crippen MR) is 126 cm³/mol. The van der Waals surface area contributed by atoms with E-state index in [4.69, 9.17) is 9.26 Å². The van der Waals surface area contributed by atoms with Crippen LogP contribution in [0.5, 0.6) is 5.75 Å². The van der Waals surface area contributed by atoms with Crippen molar-refractivity contribution >= 4 is 28.4 Å². The maximum Gasteiger partial charge on any atom is 0.366 e. The number of carbonyl (C=O) groups is 1. The van der Waals surface area contributed by atoms with Crippen molar-refractivity contribution in [3.8, 4) is 5.75 Å². The first-order valence-electron chi connectivity index (χ1n) is 10.2. The van der Waals surface area contributed by atoms with E-state index in [1.165, 1.54) is 12.1 Å². The van der Waals surface area contributed by atoms with E-state index in [0.29, 0.717) is 33.5 Å². The predicted octanol–water partition coefficient (Wildman–Crippen LogP) is 3.91. The standard InChI is InChI=1S/C26H22N2O5/c1-3-23-22-15-19(11-14-21(22)24(29)33-28-23)27-25(30)26(31,18-7-5-4-6-8-18)16-17-9-12-20(32-2)13-10-17/h3-15,31H,1,16H2,2H3,(H,27,30). The molecule has 2 N–H and O–H groups in total. The van der Waals surface area contributed by atoms with Crippen molar-refractivity contribution < 1.29 is 19.2 Å². The highest BCUT2D eigenvalue weighted by atomic mass is 16.5. The van der Waals surface area contributed by atoms with Crippen LogP contribution in [-0.4, -0.2) is 23.3 Å². The van der Waals surface area contributed by atoms with Gasteiger partial charge in [-0.15, -0.1) is 0 Å². The maximum absolute atomic E-state index is 13.4. The largest absolute Gasteiger partial charge is 0.497 e. The van der Waals surface area contributed by atoms with Gasteiger partial charge in [-0.05, 0) is 47.5 Å². The van der Waals surface area contributed by atoms with Gasteiger partial charge in [-0.25, -0.2) is 4.79 Å². The van der Waals surface area contributed by atoms with Gasteiger partial charge in [0, 0.05) is 17.5 Å². The van der Waals surface area contributed by atoms with Gasteiger partial charge in [0.25, 0.3) is 5.91 Å². The van der Waals surface area contributed by atoms with Gasteiger partial charge in [0.05, 0.1) is 12.5 Å². The summed E-state index contributed by atoms with van der Waals surface area (Å²) in [6, 6.07) is 20.6. The lowest BCUT2D eigenvalue weighted by molar-refractivity contribution is -0.135. The molecule has 1 unspecified atom stereocenters. The van der Waals surface area contributed by atoms with Crippen molar-refractivity contribution in [2.45, 2.75) is 12.0 Å². The molecule has 1 atom stereocenters. The lowest BCUT2D eigenvalue weighted by Gasteiger charge is -2.28. The summed E-state index contributed by atoms with van der Waals surface area (Å²) in [7, 11) is 1.57. The Labute approximate surface area is 189 Å². The van der Waals surface area contributed by atoms with Gasteiger partial charge in [0.2, 0.25) is 0 Å². The molecule has 3 aromatic carbocycles. The number of aromatic nitrogens is 1. The third kappa shape index (κ3) is 4.40. The van der Waals surface area contributed by atoms with E-state index < -0.39 is 17.1 Å². The van der Waals surface area contributed by atoms with Crippen molar-refractivity contribution in [1.29, 1.82) is 0 Å². The van der Waals surface area contributed by atoms with Gasteiger partial charge >= 0.3 is 5.63 Å². The molecule has 0 radical (unpaired) electrons. The van der Waals surface area contributed by atoms with E-state index in [1.807, 2.05) is 6.07 Å². The van der Waals surface area contributed by atoms with Crippen molar-refractivity contribution in [3.63, 3.8) is 0 Å². The Kier molecular flexibility index (Phi) is 6.06. The zero-order chi connectivity index (χ0) is 23.4. The number of methoxy groups -OCH3 is 1. The molecular weight excluding hydrogens is 420 g/mol. The summed E-state index contributed by atoms with van der Waals surface area (Å²) in [6.07, 6.45) is 1.50. The van der Waals surface area contributed by atoms with Gasteiger partial charge in [0.15, 0.2) is 5.60 Å². The van der Waals surface area contributed by atoms with Crippen LogP contribution in [0.4, 0.5) is 5.69 Å². The summed E-state index contributed by atoms with van der Waals surface area (Å²) in [4.78, 5) is 25.4. The number of nitrogens with one attached hydrogen (secondary N) is 1. The average molecular weight is 442 g/mol. The van der Waals surface area contributed by atoms with Crippen LogP contribution >= 0.6 is 0 Å². The van der Waals surface area contributed by atoms with E-state index in [9.17, 15) is 14.7 Å². The Hall–Kier alpha value is -4.23. The number of fused-ring (bicyclic) bond motifs is 1. The molecule has 7 nitrogen and oxygen atoms in total. The first-order valence-corrected chi connectivity index (χ1v) is 10.2. The van der Waals surface area contributed by atoms with Crippen LogP contribution in [0.15, 0.2) is 88.7 Å². The summed E-state index contributed by atoms with van der Waals surface area (Å²) >= 11 is 0. The van der Waals surface area contributed by atoms with Crippen LogP contribution < -0.4 is 15.7 Å². The van der Waals surface area contributed by atoms with Crippen LogP contribution in [0.2, 0.25) is 0 Å². The number of rotatable bonds is 7. The topological polar surface area (TPSA) is 102 Å². The molecule has 0 aliphatic rings. The number of aliphatic hydroxyl groups is 1. The number of anilines is 1. The molecule has 4 rings (SSSR count). The second-order valence-corrected chi connectivity index (χ2v) is 7.53. The number of nitrogens with zero attached hydrogens (tertiary/aromatic N) is 1. The number of hydrogen-bond acceptors (Lipinski definition) is 6. The Morgan fingerprint density at radius 3 is 2.52 bits per heavy atom. The van der Waals surface area contributed by atoms with Gasteiger partial charge in [0.1, 0.15) is 11.4 Å². The first kappa shape index (κ1) is 22.0. The molecule has 1 amide bonds. The van der Waals surface area contributed by atoms with Gasteiger partial charge in [-0.3, -0.25) is 4.79 Å². The van der Waals surface area contributed by atoms with Crippen LogP contribution in [0.3, 0.4) is 0 Å². The molecule has 0 saturated heterocycles. The van der Waals surface area contributed by atoms with Gasteiger partial charge in [-0.2, -0.15) is 0 Å². The molecule has 33 heavy (non-hydrogen) atoms. The van der Waals surface area contributed by atoms with Crippen molar-refractivity contribution in [1.82, 2.24) is 5.16 Å². The molecule has 4 aromatic rings. The van der Waals surface area contributed by atoms with Gasteiger partial charge in [-0.1, -0.05) is 54.2 Å². The SMILES string of the molecule is C=Cc1noc(=O)c2ccc(NC(=O)C(O)(Cc3ccc(OC)cc3)c3ccccc3)cc12. The molecule has 0 fully saturated rings. The molecule has 7 heteroatoms. The highest BCUT2D eigenvalue weighted by Gasteiger charge is 2.38. The maximum atomic E-state index is 13.4. The lowest BCUT2D eigenvalue weighted by Crippen LogP contribution is -2.42. The van der Waals surface area contributed by atoms with Crippen LogP contribution in [0.25, 0.3) is 16.8 Å². The minimum atomic E-state index is -1.85. The summed E-state index contributed by atoms with van der Waals surface area (Å²) in [5.74, 6) is 0.0682. The highest BCUT2D eigenvalue weighted by molar-refractivity contribution is 6.00. The summed E-state index contributed by atoms with van der Waals surface area (Å²) in [6.45, 7) is 3.68. The fourth-order valence-corrected chi connectivity index (χ4v) is 3.65. The zero-order valence-electron chi connectivity index (χ0n) is 17.9. The van der Waals surface area contributed by atoms with Crippen molar-refractivity contribution in [2.24, 2.45) is 0 Å². The Bertz CT molecular complexity index is 1360. The Morgan fingerprint density at radius 1 is 1.12 bits per heavy atom. The van der Waals surface area contributed by atoms with E-state index in [0.717, 1.165) is 5.56 Å². The smallest absolute Gasteiger partial charge is 0.366 e. The molecule has 0 aliphatic carbocycles. The number of amides is 1. The van der Waals surface area contributed by atoms with E-state index in [2.05, 4.69) is 17.1 Å². The van der Waals surface area contributed by atoms with Crippen LogP contribution in [-0.2, 0) is 16.8 Å². The Balaban J connectivity index is 1.71. The van der Waals surface area contributed by atoms with E-state index in [1.54, 1.807) is 67.8 Å². The number of ether oxygens (including phenoxy) is 1. The number of carbonyl (C=O) groups excluding carboxylic acids is 1. The fraction of sp³-hybridized carbons (Fsp3) is 0.115. The van der Waals surface area contributed by atoms with Crippen molar-refractivity contribution in [3.05, 3.63) is 107 Å². The molecule has 0 spiro atoms. The summed E-state index contributed by atoms with van der Waals surface area (Å²) < 4.78 is 9.96. The molecule has 1 heterocycles. The van der Waals surface area contributed by atoms with E-state index in [-0.39, 0.29) is 6.42 Å². The molecule has 1 aromatic heterocycles. The minimum absolute atomic E-state index is 0.0451. The number of benzene rings is 3. The summed E-state index contributed by atoms with van der Waals surface area (Å²) in [5, 5.41) is 18.9. The fourth-order valence-electron chi connectivity index (χ4n) is 3.65. The third-order valence-corrected chi connectivity index (χ3v) is 5.44. The zero-order valence-corrected chi connectivity index (χ0v) is 17.9. The lowest BCUT2D eigenvalue weighted by atomic mass is 9.86. The normalized spacial score (nSPS) is 12.7. The molecule has 0 bridgehead atoms. The van der Waals surface area contributed by atoms with Crippen molar-refractivity contribution in [2.75, 3.05) is 12.4 Å². The molecular formula is C26H22N2O5. The molecule has 0 saturated carbocycles. The minimum Gasteiger partial charge on any atom is -0.497 e. The first-order chi connectivity index (χ1) is 15.9. The van der Waals surface area contributed by atoms with Crippen LogP contribution in [0.1, 0.15) is 16.8 Å². The molecule has 0 aliphatic heterocycles. The van der Waals surface area contributed by atoms with E-state index >= 15 is 0 Å². The second kappa shape index (κ2) is 9.10. The highest BCUT2D eigenvalue weighted by Crippen LogP contribution is 2.29. The third-order valence-electron chi connectivity index (χ3n) is 5.44. The monoisotopic (exact) mass is 442 g/mol. The number of hydrogen-bond donors (Lipinski definition) is 2. The van der Waals surface area contributed by atoms with Gasteiger partial charge < -0.3 is 19.7 Å². The Morgan fingerprint density at radius 2 is 1.85 bits per heavy atom. The summed E-state index contributed by atoms with van der Waals surface area (Å²) in [5.41, 5.74) is -0.460. The quantitative estimate of drug-likeness (QED) is 0.450.